The van der Waals surface area contributed by atoms with Gasteiger partial charge in [0.25, 0.3) is 0 Å². The lowest BCUT2D eigenvalue weighted by molar-refractivity contribution is -0.143. The van der Waals surface area contributed by atoms with Crippen molar-refractivity contribution >= 4 is 5.97 Å². The summed E-state index contributed by atoms with van der Waals surface area (Å²) in [6.07, 6.45) is 1.42. The van der Waals surface area contributed by atoms with Gasteiger partial charge in [0.1, 0.15) is 0 Å². The fourth-order valence-electron chi connectivity index (χ4n) is 1.18. The molecule has 0 bridgehead atoms. The Labute approximate surface area is 86.4 Å². The SMILES string of the molecule is CCOC(=O)CCN(C)C(C)CCN. The van der Waals surface area contributed by atoms with Crippen LogP contribution in [-0.2, 0) is 9.53 Å². The predicted octanol–water partition coefficient (Wildman–Crippen LogP) is 0.609. The van der Waals surface area contributed by atoms with E-state index in [0.717, 1.165) is 13.0 Å². The maximum absolute atomic E-state index is 11.1. The summed E-state index contributed by atoms with van der Waals surface area (Å²) in [6.45, 7) is 5.81. The molecule has 0 fully saturated rings. The second-order valence-electron chi connectivity index (χ2n) is 3.46. The Kier molecular flexibility index (Phi) is 7.42. The van der Waals surface area contributed by atoms with Crippen LogP contribution in [0, 0.1) is 0 Å². The Morgan fingerprint density at radius 2 is 2.21 bits per heavy atom. The normalized spacial score (nSPS) is 12.9. The number of hydrogen-bond donors (Lipinski definition) is 1. The third-order valence-electron chi connectivity index (χ3n) is 2.31. The smallest absolute Gasteiger partial charge is 0.307 e. The molecule has 0 spiro atoms. The van der Waals surface area contributed by atoms with Gasteiger partial charge in [0.2, 0.25) is 0 Å². The van der Waals surface area contributed by atoms with Crippen molar-refractivity contribution in [3.8, 4) is 0 Å². The molecule has 0 aromatic heterocycles. The third kappa shape index (κ3) is 5.94. The molecule has 0 aliphatic carbocycles. The van der Waals surface area contributed by atoms with E-state index in [9.17, 15) is 4.79 Å². The van der Waals surface area contributed by atoms with Crippen LogP contribution in [-0.4, -0.2) is 43.7 Å². The zero-order chi connectivity index (χ0) is 11.0. The van der Waals surface area contributed by atoms with Gasteiger partial charge in [-0.2, -0.15) is 0 Å². The Bertz CT molecular complexity index is 162. The van der Waals surface area contributed by atoms with Crippen LogP contribution >= 0.6 is 0 Å². The number of carbonyl (C=O) groups is 1. The van der Waals surface area contributed by atoms with Gasteiger partial charge < -0.3 is 15.4 Å². The number of nitrogens with two attached hydrogens (primary N) is 1. The number of nitrogens with zero attached hydrogens (tertiary/aromatic N) is 1. The van der Waals surface area contributed by atoms with Crippen molar-refractivity contribution in [2.75, 3.05) is 26.7 Å². The zero-order valence-corrected chi connectivity index (χ0v) is 9.45. The minimum atomic E-state index is -0.126. The highest BCUT2D eigenvalue weighted by Gasteiger charge is 2.10. The lowest BCUT2D eigenvalue weighted by Gasteiger charge is -2.23. The van der Waals surface area contributed by atoms with Crippen LogP contribution in [0.3, 0.4) is 0 Å². The van der Waals surface area contributed by atoms with E-state index in [1.165, 1.54) is 0 Å². The summed E-state index contributed by atoms with van der Waals surface area (Å²) in [4.78, 5) is 13.2. The average molecular weight is 202 g/mol. The maximum atomic E-state index is 11.1. The van der Waals surface area contributed by atoms with E-state index in [1.54, 1.807) is 0 Å². The quantitative estimate of drug-likeness (QED) is 0.614. The standard InChI is InChI=1S/C10H22N2O2/c1-4-14-10(13)6-8-12(3)9(2)5-7-11/h9H,4-8,11H2,1-3H3. The summed E-state index contributed by atoms with van der Waals surface area (Å²) in [5.74, 6) is -0.126. The molecule has 0 aromatic rings. The van der Waals surface area contributed by atoms with Gasteiger partial charge in [-0.25, -0.2) is 0 Å². The van der Waals surface area contributed by atoms with Gasteiger partial charge in [-0.15, -0.1) is 0 Å². The molecule has 0 aliphatic heterocycles. The number of carbonyl (C=O) groups excluding carboxylic acids is 1. The second kappa shape index (κ2) is 7.76. The summed E-state index contributed by atoms with van der Waals surface area (Å²) in [6, 6.07) is 0.425. The second-order valence-corrected chi connectivity index (χ2v) is 3.46. The van der Waals surface area contributed by atoms with E-state index < -0.39 is 0 Å². The van der Waals surface area contributed by atoms with Gasteiger partial charge in [-0.1, -0.05) is 0 Å². The van der Waals surface area contributed by atoms with E-state index in [0.29, 0.717) is 25.6 Å². The first kappa shape index (κ1) is 13.4. The first-order valence-corrected chi connectivity index (χ1v) is 5.17. The van der Waals surface area contributed by atoms with Crippen LogP contribution in [0.2, 0.25) is 0 Å². The molecule has 0 saturated carbocycles. The highest BCUT2D eigenvalue weighted by Crippen LogP contribution is 2.01. The van der Waals surface area contributed by atoms with Crippen LogP contribution in [0.5, 0.6) is 0 Å². The molecule has 0 radical (unpaired) electrons. The summed E-state index contributed by atoms with van der Waals surface area (Å²) in [5.41, 5.74) is 5.45. The van der Waals surface area contributed by atoms with Gasteiger partial charge in [0.05, 0.1) is 13.0 Å². The number of ether oxygens (including phenoxy) is 1. The lowest BCUT2D eigenvalue weighted by atomic mass is 10.2. The van der Waals surface area contributed by atoms with E-state index in [1.807, 2.05) is 14.0 Å². The van der Waals surface area contributed by atoms with Crippen molar-refractivity contribution in [1.29, 1.82) is 0 Å². The van der Waals surface area contributed by atoms with Gasteiger partial charge in [-0.05, 0) is 33.9 Å². The van der Waals surface area contributed by atoms with Crippen molar-refractivity contribution in [2.24, 2.45) is 5.73 Å². The fourth-order valence-corrected chi connectivity index (χ4v) is 1.18. The minimum absolute atomic E-state index is 0.126. The molecule has 0 aromatic carbocycles. The van der Waals surface area contributed by atoms with Crippen LogP contribution in [0.25, 0.3) is 0 Å². The molecular weight excluding hydrogens is 180 g/mol. The molecule has 1 atom stereocenters. The van der Waals surface area contributed by atoms with E-state index in [2.05, 4.69) is 11.8 Å². The molecule has 1 unspecified atom stereocenters. The summed E-state index contributed by atoms with van der Waals surface area (Å²) < 4.78 is 4.84. The van der Waals surface area contributed by atoms with Crippen molar-refractivity contribution in [3.05, 3.63) is 0 Å². The van der Waals surface area contributed by atoms with Crippen molar-refractivity contribution in [2.45, 2.75) is 32.7 Å². The van der Waals surface area contributed by atoms with Gasteiger partial charge in [0.15, 0.2) is 0 Å². The van der Waals surface area contributed by atoms with Crippen LogP contribution in [0.15, 0.2) is 0 Å². The summed E-state index contributed by atoms with van der Waals surface area (Å²) >= 11 is 0. The van der Waals surface area contributed by atoms with E-state index >= 15 is 0 Å². The maximum Gasteiger partial charge on any atom is 0.307 e. The Hall–Kier alpha value is -0.610. The lowest BCUT2D eigenvalue weighted by Crippen LogP contribution is -2.33. The molecule has 0 saturated heterocycles. The van der Waals surface area contributed by atoms with Crippen molar-refractivity contribution in [3.63, 3.8) is 0 Å². The van der Waals surface area contributed by atoms with Crippen LogP contribution in [0.1, 0.15) is 26.7 Å². The highest BCUT2D eigenvalue weighted by atomic mass is 16.5. The first-order chi connectivity index (χ1) is 6.61. The Morgan fingerprint density at radius 1 is 1.57 bits per heavy atom. The predicted molar refractivity (Wildman–Crippen MR) is 57.0 cm³/mol. The molecular formula is C10H22N2O2. The minimum Gasteiger partial charge on any atom is -0.466 e. The Balaban J connectivity index is 3.61. The van der Waals surface area contributed by atoms with Crippen molar-refractivity contribution in [1.82, 2.24) is 4.90 Å². The number of rotatable bonds is 7. The molecule has 4 nitrogen and oxygen atoms in total. The third-order valence-corrected chi connectivity index (χ3v) is 2.31. The molecule has 0 amide bonds. The van der Waals surface area contributed by atoms with Gasteiger partial charge in [0, 0.05) is 12.6 Å². The van der Waals surface area contributed by atoms with Gasteiger partial charge >= 0.3 is 5.97 Å². The summed E-state index contributed by atoms with van der Waals surface area (Å²) in [5, 5.41) is 0. The molecule has 2 N–H and O–H groups in total. The molecule has 14 heavy (non-hydrogen) atoms. The van der Waals surface area contributed by atoms with E-state index in [4.69, 9.17) is 10.5 Å². The first-order valence-electron chi connectivity index (χ1n) is 5.17. The Morgan fingerprint density at radius 3 is 2.71 bits per heavy atom. The molecule has 84 valence electrons. The molecule has 4 heteroatoms. The van der Waals surface area contributed by atoms with Crippen LogP contribution < -0.4 is 5.73 Å². The monoisotopic (exact) mass is 202 g/mol. The number of hydrogen-bond acceptors (Lipinski definition) is 4. The topological polar surface area (TPSA) is 55.6 Å². The average Bonchev–Trinajstić information content (AvgIpc) is 2.15. The molecule has 0 rings (SSSR count). The molecule has 0 aliphatic rings. The van der Waals surface area contributed by atoms with Crippen molar-refractivity contribution < 1.29 is 9.53 Å². The van der Waals surface area contributed by atoms with Gasteiger partial charge in [-0.3, -0.25) is 4.79 Å². The highest BCUT2D eigenvalue weighted by molar-refractivity contribution is 5.69. The largest absolute Gasteiger partial charge is 0.466 e. The number of esters is 1. The summed E-state index contributed by atoms with van der Waals surface area (Å²) in [7, 11) is 2.00. The van der Waals surface area contributed by atoms with E-state index in [-0.39, 0.29) is 5.97 Å². The van der Waals surface area contributed by atoms with Crippen LogP contribution in [0.4, 0.5) is 0 Å². The fraction of sp³-hybridized carbons (Fsp3) is 0.900. The zero-order valence-electron chi connectivity index (χ0n) is 9.45. The molecule has 0 heterocycles.